The topological polar surface area (TPSA) is 34.1 Å². The summed E-state index contributed by atoms with van der Waals surface area (Å²) in [6, 6.07) is 8.48. The van der Waals surface area contributed by atoms with Crippen molar-refractivity contribution in [3.05, 3.63) is 35.4 Å². The summed E-state index contributed by atoms with van der Waals surface area (Å²) in [5.74, 6) is 0.333. The fourth-order valence-corrected chi connectivity index (χ4v) is 0.637. The predicted octanol–water partition coefficient (Wildman–Crippen LogP) is 3.49. The van der Waals surface area contributed by atoms with Crippen molar-refractivity contribution in [1.82, 2.24) is 0 Å². The number of ketones is 2. The van der Waals surface area contributed by atoms with Gasteiger partial charge >= 0.3 is 0 Å². The average molecular weight is 222 g/mol. The van der Waals surface area contributed by atoms with E-state index in [0.29, 0.717) is 0 Å². The van der Waals surface area contributed by atoms with Crippen LogP contribution in [0.15, 0.2) is 24.3 Å². The molecule has 0 amide bonds. The Labute approximate surface area is 98.7 Å². The van der Waals surface area contributed by atoms with E-state index < -0.39 is 0 Å². The van der Waals surface area contributed by atoms with Crippen molar-refractivity contribution in [3.8, 4) is 0 Å². The summed E-state index contributed by atoms with van der Waals surface area (Å²) in [6.45, 7) is 10.3. The molecule has 1 aromatic rings. The van der Waals surface area contributed by atoms with Gasteiger partial charge in [0.25, 0.3) is 0 Å². The minimum atomic E-state index is 0.167. The summed E-state index contributed by atoms with van der Waals surface area (Å²) < 4.78 is 0. The van der Waals surface area contributed by atoms with Crippen molar-refractivity contribution < 1.29 is 9.59 Å². The highest BCUT2D eigenvalue weighted by molar-refractivity contribution is 5.72. The molecule has 2 nitrogen and oxygen atoms in total. The Morgan fingerprint density at radius 3 is 0.938 bits per heavy atom. The van der Waals surface area contributed by atoms with Crippen molar-refractivity contribution in [2.45, 2.75) is 41.5 Å². The number of carbonyl (C=O) groups excluding carboxylic acids is 2. The number of hydrogen-bond acceptors (Lipinski definition) is 2. The van der Waals surface area contributed by atoms with E-state index in [2.05, 4.69) is 38.1 Å². The Kier molecular flexibility index (Phi) is 10.7. The lowest BCUT2D eigenvalue weighted by Gasteiger charge is -1.90. The molecule has 0 aliphatic carbocycles. The fourth-order valence-electron chi connectivity index (χ4n) is 0.637. The Morgan fingerprint density at radius 2 is 0.812 bits per heavy atom. The molecule has 0 aromatic heterocycles. The lowest BCUT2D eigenvalue weighted by Crippen LogP contribution is -1.70. The minimum Gasteiger partial charge on any atom is -0.300 e. The zero-order chi connectivity index (χ0) is 13.1. The van der Waals surface area contributed by atoms with Crippen LogP contribution in [0.1, 0.15) is 38.8 Å². The Bertz CT molecular complexity index is 269. The van der Waals surface area contributed by atoms with Crippen molar-refractivity contribution in [1.29, 1.82) is 0 Å². The molecule has 0 spiro atoms. The molecule has 0 aliphatic heterocycles. The molecule has 16 heavy (non-hydrogen) atoms. The molecule has 90 valence electrons. The van der Waals surface area contributed by atoms with Crippen molar-refractivity contribution in [2.24, 2.45) is 0 Å². The van der Waals surface area contributed by atoms with E-state index in [0.717, 1.165) is 0 Å². The van der Waals surface area contributed by atoms with E-state index in [1.165, 1.54) is 38.8 Å². The smallest absolute Gasteiger partial charge is 0.126 e. The summed E-state index contributed by atoms with van der Waals surface area (Å²) in [7, 11) is 0. The Balaban J connectivity index is 0. The summed E-state index contributed by atoms with van der Waals surface area (Å²) in [6.07, 6.45) is 0. The lowest BCUT2D eigenvalue weighted by atomic mass is 10.2. The first kappa shape index (κ1) is 17.0. The minimum absolute atomic E-state index is 0.167. The van der Waals surface area contributed by atoms with Crippen LogP contribution in [-0.4, -0.2) is 11.6 Å². The van der Waals surface area contributed by atoms with Gasteiger partial charge in [0.15, 0.2) is 0 Å². The molecule has 1 rings (SSSR count). The Morgan fingerprint density at radius 1 is 0.688 bits per heavy atom. The van der Waals surface area contributed by atoms with Crippen LogP contribution in [-0.2, 0) is 9.59 Å². The lowest BCUT2D eigenvalue weighted by molar-refractivity contribution is -0.115. The molecule has 1 aromatic carbocycles. The van der Waals surface area contributed by atoms with E-state index >= 15 is 0 Å². The number of carbonyl (C=O) groups is 2. The SMILES string of the molecule is CC(C)=O.CC(C)=O.Cc1ccc(C)cc1. The van der Waals surface area contributed by atoms with Crippen LogP contribution >= 0.6 is 0 Å². The molecule has 0 atom stereocenters. The van der Waals surface area contributed by atoms with Gasteiger partial charge in [0.1, 0.15) is 11.6 Å². The first-order chi connectivity index (χ1) is 7.25. The molecule has 0 saturated heterocycles. The van der Waals surface area contributed by atoms with Crippen LogP contribution in [0.4, 0.5) is 0 Å². The molecular weight excluding hydrogens is 200 g/mol. The molecule has 0 radical (unpaired) electrons. The van der Waals surface area contributed by atoms with Gasteiger partial charge in [0.05, 0.1) is 0 Å². The van der Waals surface area contributed by atoms with Crippen molar-refractivity contribution >= 4 is 11.6 Å². The number of hydrogen-bond donors (Lipinski definition) is 0. The average Bonchev–Trinajstić information content (AvgIpc) is 2.08. The molecule has 0 unspecified atom stereocenters. The highest BCUT2D eigenvalue weighted by Gasteiger charge is 1.79. The highest BCUT2D eigenvalue weighted by Crippen LogP contribution is 1.99. The number of rotatable bonds is 0. The van der Waals surface area contributed by atoms with Gasteiger partial charge in [-0.05, 0) is 41.5 Å². The van der Waals surface area contributed by atoms with Gasteiger partial charge in [0, 0.05) is 0 Å². The van der Waals surface area contributed by atoms with Crippen LogP contribution in [0.25, 0.3) is 0 Å². The monoisotopic (exact) mass is 222 g/mol. The second-order valence-electron chi connectivity index (χ2n) is 3.97. The molecule has 0 N–H and O–H groups in total. The first-order valence-electron chi connectivity index (χ1n) is 5.23. The maximum Gasteiger partial charge on any atom is 0.126 e. The summed E-state index contributed by atoms with van der Waals surface area (Å²) >= 11 is 0. The fraction of sp³-hybridized carbons (Fsp3) is 0.429. The van der Waals surface area contributed by atoms with Gasteiger partial charge in [-0.15, -0.1) is 0 Å². The molecule has 0 fully saturated rings. The van der Waals surface area contributed by atoms with Crippen LogP contribution in [0.2, 0.25) is 0 Å². The molecule has 0 heterocycles. The molecule has 2 heteroatoms. The van der Waals surface area contributed by atoms with Crippen LogP contribution in [0.5, 0.6) is 0 Å². The number of benzene rings is 1. The predicted molar refractivity (Wildman–Crippen MR) is 68.6 cm³/mol. The largest absolute Gasteiger partial charge is 0.300 e. The van der Waals surface area contributed by atoms with E-state index in [1.54, 1.807) is 0 Å². The first-order valence-corrected chi connectivity index (χ1v) is 5.23. The zero-order valence-corrected chi connectivity index (χ0v) is 11.1. The van der Waals surface area contributed by atoms with E-state index in [4.69, 9.17) is 0 Å². The van der Waals surface area contributed by atoms with E-state index in [9.17, 15) is 9.59 Å². The van der Waals surface area contributed by atoms with Crippen molar-refractivity contribution in [3.63, 3.8) is 0 Å². The standard InChI is InChI=1S/C8H10.2C3H6O/c1-7-3-5-8(2)6-4-7;2*1-3(2)4/h3-6H,1-2H3;2*1-2H3. The van der Waals surface area contributed by atoms with Gasteiger partial charge in [-0.25, -0.2) is 0 Å². The second-order valence-corrected chi connectivity index (χ2v) is 3.97. The third-order valence-corrected chi connectivity index (χ3v) is 1.22. The van der Waals surface area contributed by atoms with Gasteiger partial charge in [0.2, 0.25) is 0 Å². The third-order valence-electron chi connectivity index (χ3n) is 1.22. The summed E-state index contributed by atoms with van der Waals surface area (Å²) in [4.78, 5) is 18.9. The van der Waals surface area contributed by atoms with Crippen LogP contribution in [0.3, 0.4) is 0 Å². The maximum atomic E-state index is 9.44. The third kappa shape index (κ3) is 22.9. The number of Topliss-reactive ketones (excluding diaryl/α,β-unsaturated/α-hetero) is 2. The van der Waals surface area contributed by atoms with Crippen LogP contribution in [0, 0.1) is 13.8 Å². The second kappa shape index (κ2) is 10.1. The maximum absolute atomic E-state index is 9.44. The van der Waals surface area contributed by atoms with Gasteiger partial charge < -0.3 is 9.59 Å². The molecular formula is C14H22O2. The zero-order valence-electron chi connectivity index (χ0n) is 11.1. The molecule has 0 aliphatic rings. The van der Waals surface area contributed by atoms with E-state index in [-0.39, 0.29) is 11.6 Å². The van der Waals surface area contributed by atoms with Crippen molar-refractivity contribution in [2.75, 3.05) is 0 Å². The number of aryl methyl sites for hydroxylation is 2. The Hall–Kier alpha value is -1.44. The van der Waals surface area contributed by atoms with Gasteiger partial charge in [-0.1, -0.05) is 35.4 Å². The molecule has 0 bridgehead atoms. The molecule has 0 saturated carbocycles. The highest BCUT2D eigenvalue weighted by atomic mass is 16.1. The normalized spacial score (nSPS) is 7.88. The quantitative estimate of drug-likeness (QED) is 0.673. The summed E-state index contributed by atoms with van der Waals surface area (Å²) in [5.41, 5.74) is 2.66. The van der Waals surface area contributed by atoms with E-state index in [1.807, 2.05) is 0 Å². The van der Waals surface area contributed by atoms with Gasteiger partial charge in [-0.3, -0.25) is 0 Å². The van der Waals surface area contributed by atoms with Gasteiger partial charge in [-0.2, -0.15) is 0 Å². The van der Waals surface area contributed by atoms with Crippen LogP contribution < -0.4 is 0 Å². The summed E-state index contributed by atoms with van der Waals surface area (Å²) in [5, 5.41) is 0.